The van der Waals surface area contributed by atoms with Gasteiger partial charge < -0.3 is 14.8 Å². The summed E-state index contributed by atoms with van der Waals surface area (Å²) in [6.07, 6.45) is 3.27. The quantitative estimate of drug-likeness (QED) is 0.772. The molecule has 0 unspecified atom stereocenters. The zero-order valence-electron chi connectivity index (χ0n) is 12.9. The molecule has 3 aromatic rings. The number of nitrogens with one attached hydrogen (secondary N) is 1. The molecule has 4 rings (SSSR count). The Kier molecular flexibility index (Phi) is 3.38. The number of carbonyl (C=O) groups excluding carboxylic acids is 1. The summed E-state index contributed by atoms with van der Waals surface area (Å²) in [6.45, 7) is 1.72. The van der Waals surface area contributed by atoms with Gasteiger partial charge in [-0.25, -0.2) is 4.39 Å². The largest absolute Gasteiger partial charge is 0.451 e. The van der Waals surface area contributed by atoms with E-state index in [1.54, 1.807) is 30.1 Å². The minimum absolute atomic E-state index is 0.163. The van der Waals surface area contributed by atoms with Gasteiger partial charge in [-0.15, -0.1) is 0 Å². The van der Waals surface area contributed by atoms with Crippen LogP contribution < -0.4 is 5.32 Å². The maximum atomic E-state index is 13.4. The minimum atomic E-state index is -0.555. The molecule has 0 spiro atoms. The molecule has 0 radical (unpaired) electrons. The van der Waals surface area contributed by atoms with Crippen LogP contribution in [-0.2, 0) is 0 Å². The number of benzene rings is 1. The van der Waals surface area contributed by atoms with Gasteiger partial charge in [-0.05, 0) is 37.6 Å². The third-order valence-corrected chi connectivity index (χ3v) is 4.55. The van der Waals surface area contributed by atoms with E-state index in [1.807, 2.05) is 0 Å². The molecule has 3 atom stereocenters. The molecule has 0 saturated heterocycles. The van der Waals surface area contributed by atoms with Crippen LogP contribution in [0.5, 0.6) is 0 Å². The molecule has 1 saturated carbocycles. The summed E-state index contributed by atoms with van der Waals surface area (Å²) in [5.41, 5.74) is 1.06. The average Bonchev–Trinajstić information content (AvgIpc) is 3.15. The lowest BCUT2D eigenvalue weighted by Gasteiger charge is -2.41. The molecule has 7 heteroatoms. The molecule has 124 valence electrons. The fourth-order valence-electron chi connectivity index (χ4n) is 3.22. The zero-order valence-corrected chi connectivity index (χ0v) is 12.9. The summed E-state index contributed by atoms with van der Waals surface area (Å²) in [5.74, 6) is -0.589. The standard InChI is InChI=1S/C17H16FN3O3/c1-9-11-7-10(18)3-4-14(11)24-16(9)17(23)20-12-8-13(22)15(12)21-6-2-5-19-21/h2-7,12-13,15,22H,8H2,1H3,(H,20,23)/t12-,13+,15+/m0/s1. The smallest absolute Gasteiger partial charge is 0.287 e. The number of hydrogen-bond donors (Lipinski definition) is 2. The lowest BCUT2D eigenvalue weighted by atomic mass is 9.83. The molecule has 2 heterocycles. The van der Waals surface area contributed by atoms with Gasteiger partial charge in [0.15, 0.2) is 5.76 Å². The molecule has 0 aliphatic heterocycles. The summed E-state index contributed by atoms with van der Waals surface area (Å²) in [5, 5.41) is 17.5. The first kappa shape index (κ1) is 14.9. The molecule has 1 aliphatic rings. The van der Waals surface area contributed by atoms with Crippen LogP contribution in [0.2, 0.25) is 0 Å². The van der Waals surface area contributed by atoms with E-state index in [1.165, 1.54) is 18.2 Å². The predicted molar refractivity (Wildman–Crippen MR) is 84.1 cm³/mol. The van der Waals surface area contributed by atoms with E-state index in [4.69, 9.17) is 4.42 Å². The molecule has 1 amide bonds. The van der Waals surface area contributed by atoms with Crippen molar-refractivity contribution in [2.45, 2.75) is 31.5 Å². The molecule has 6 nitrogen and oxygen atoms in total. The molecule has 0 bridgehead atoms. The van der Waals surface area contributed by atoms with Gasteiger partial charge in [0.2, 0.25) is 0 Å². The summed E-state index contributed by atoms with van der Waals surface area (Å²) in [7, 11) is 0. The normalized spacial score (nSPS) is 23.2. The van der Waals surface area contributed by atoms with Crippen LogP contribution in [0.1, 0.15) is 28.6 Å². The Morgan fingerprint density at radius 3 is 3.04 bits per heavy atom. The summed E-state index contributed by atoms with van der Waals surface area (Å²) >= 11 is 0. The van der Waals surface area contributed by atoms with Crippen molar-refractivity contribution in [2.75, 3.05) is 0 Å². The topological polar surface area (TPSA) is 80.3 Å². The van der Waals surface area contributed by atoms with Crippen molar-refractivity contribution in [2.24, 2.45) is 0 Å². The Hall–Kier alpha value is -2.67. The Bertz CT molecular complexity index is 903. The van der Waals surface area contributed by atoms with Gasteiger partial charge in [-0.2, -0.15) is 5.10 Å². The highest BCUT2D eigenvalue weighted by Crippen LogP contribution is 2.33. The van der Waals surface area contributed by atoms with Crippen molar-refractivity contribution < 1.29 is 18.7 Å². The van der Waals surface area contributed by atoms with E-state index < -0.39 is 6.10 Å². The number of carbonyl (C=O) groups is 1. The monoisotopic (exact) mass is 329 g/mol. The average molecular weight is 329 g/mol. The van der Waals surface area contributed by atoms with Crippen LogP contribution in [0.15, 0.2) is 41.1 Å². The molecular formula is C17H16FN3O3. The Labute approximate surface area is 136 Å². The summed E-state index contributed by atoms with van der Waals surface area (Å²) < 4.78 is 20.6. The highest BCUT2D eigenvalue weighted by atomic mass is 19.1. The van der Waals surface area contributed by atoms with E-state index >= 15 is 0 Å². The van der Waals surface area contributed by atoms with Crippen molar-refractivity contribution in [1.29, 1.82) is 0 Å². The number of aryl methyl sites for hydroxylation is 1. The van der Waals surface area contributed by atoms with Gasteiger partial charge in [-0.1, -0.05) is 0 Å². The minimum Gasteiger partial charge on any atom is -0.451 e. The zero-order chi connectivity index (χ0) is 16.8. The van der Waals surface area contributed by atoms with Crippen LogP contribution in [0, 0.1) is 12.7 Å². The fraction of sp³-hybridized carbons (Fsp3) is 0.294. The van der Waals surface area contributed by atoms with Crippen LogP contribution in [-0.4, -0.2) is 32.9 Å². The number of rotatable bonds is 3. The molecule has 24 heavy (non-hydrogen) atoms. The van der Waals surface area contributed by atoms with Gasteiger partial charge in [0.05, 0.1) is 18.2 Å². The molecule has 1 fully saturated rings. The Morgan fingerprint density at radius 1 is 1.50 bits per heavy atom. The second-order valence-electron chi connectivity index (χ2n) is 6.06. The first-order valence-electron chi connectivity index (χ1n) is 7.71. The summed E-state index contributed by atoms with van der Waals surface area (Å²) in [4.78, 5) is 12.5. The first-order chi connectivity index (χ1) is 11.5. The SMILES string of the molecule is Cc1c(C(=O)N[C@H]2C[C@@H](O)[C@@H]2n2cccn2)oc2ccc(F)cc12. The molecule has 2 N–H and O–H groups in total. The Morgan fingerprint density at radius 2 is 2.33 bits per heavy atom. The van der Waals surface area contributed by atoms with Gasteiger partial charge in [-0.3, -0.25) is 9.48 Å². The molecule has 2 aromatic heterocycles. The van der Waals surface area contributed by atoms with Crippen LogP contribution in [0.3, 0.4) is 0 Å². The number of amides is 1. The van der Waals surface area contributed by atoms with Crippen molar-refractivity contribution in [3.8, 4) is 0 Å². The maximum absolute atomic E-state index is 13.4. The van der Waals surface area contributed by atoms with E-state index in [2.05, 4.69) is 10.4 Å². The Balaban J connectivity index is 1.58. The number of furan rings is 1. The van der Waals surface area contributed by atoms with E-state index in [0.717, 1.165) is 0 Å². The van der Waals surface area contributed by atoms with Crippen LogP contribution in [0.25, 0.3) is 11.0 Å². The lowest BCUT2D eigenvalue weighted by Crippen LogP contribution is -2.56. The number of aliphatic hydroxyl groups is 1. The van der Waals surface area contributed by atoms with Crippen molar-refractivity contribution >= 4 is 16.9 Å². The molecular weight excluding hydrogens is 313 g/mol. The number of aliphatic hydroxyl groups excluding tert-OH is 1. The lowest BCUT2D eigenvalue weighted by molar-refractivity contribution is -0.00623. The third kappa shape index (κ3) is 2.28. The maximum Gasteiger partial charge on any atom is 0.287 e. The van der Waals surface area contributed by atoms with E-state index in [-0.39, 0.29) is 29.6 Å². The number of aromatic nitrogens is 2. The number of nitrogens with zero attached hydrogens (tertiary/aromatic N) is 2. The van der Waals surface area contributed by atoms with Gasteiger partial charge >= 0.3 is 0 Å². The van der Waals surface area contributed by atoms with Gasteiger partial charge in [0, 0.05) is 23.3 Å². The summed E-state index contributed by atoms with van der Waals surface area (Å²) in [6, 6.07) is 5.38. The van der Waals surface area contributed by atoms with Crippen LogP contribution >= 0.6 is 0 Å². The number of fused-ring (bicyclic) bond motifs is 1. The number of halogens is 1. The number of hydrogen-bond acceptors (Lipinski definition) is 4. The van der Waals surface area contributed by atoms with Crippen LogP contribution in [0.4, 0.5) is 4.39 Å². The van der Waals surface area contributed by atoms with E-state index in [0.29, 0.717) is 23.0 Å². The fourth-order valence-corrected chi connectivity index (χ4v) is 3.22. The van der Waals surface area contributed by atoms with E-state index in [9.17, 15) is 14.3 Å². The van der Waals surface area contributed by atoms with Gasteiger partial charge in [0.25, 0.3) is 5.91 Å². The van der Waals surface area contributed by atoms with Crippen molar-refractivity contribution in [3.63, 3.8) is 0 Å². The highest BCUT2D eigenvalue weighted by molar-refractivity contribution is 5.99. The predicted octanol–water partition coefficient (Wildman–Crippen LogP) is 2.18. The van der Waals surface area contributed by atoms with Crippen molar-refractivity contribution in [1.82, 2.24) is 15.1 Å². The second kappa shape index (κ2) is 5.45. The highest BCUT2D eigenvalue weighted by Gasteiger charge is 2.43. The second-order valence-corrected chi connectivity index (χ2v) is 6.06. The third-order valence-electron chi connectivity index (χ3n) is 4.55. The van der Waals surface area contributed by atoms with Gasteiger partial charge in [0.1, 0.15) is 11.4 Å². The molecule has 1 aliphatic carbocycles. The molecule has 1 aromatic carbocycles. The van der Waals surface area contributed by atoms with Crippen molar-refractivity contribution in [3.05, 3.63) is 53.8 Å². The first-order valence-corrected chi connectivity index (χ1v) is 7.71.